The molecule has 0 bridgehead atoms. The Hall–Kier alpha value is -0.600. The molecule has 1 heterocycles. The van der Waals surface area contributed by atoms with E-state index in [-0.39, 0.29) is 6.10 Å². The first-order valence-corrected chi connectivity index (χ1v) is 8.60. The van der Waals surface area contributed by atoms with Crippen molar-refractivity contribution in [2.75, 3.05) is 19.6 Å². The Balaban J connectivity index is 1.44. The average molecular weight is 275 g/mol. The second kappa shape index (κ2) is 6.91. The van der Waals surface area contributed by atoms with Crippen LogP contribution in [0, 0.1) is 11.8 Å². The minimum absolute atomic E-state index is 0.245. The topological polar surface area (TPSA) is 23.5 Å². The molecule has 0 aromatic heterocycles. The lowest BCUT2D eigenvalue weighted by molar-refractivity contribution is 0.155. The largest absolute Gasteiger partial charge is 0.389 e. The number of nitrogens with zero attached hydrogens (tertiary/aromatic N) is 1. The van der Waals surface area contributed by atoms with Crippen LogP contribution < -0.4 is 0 Å². The van der Waals surface area contributed by atoms with Gasteiger partial charge in [0.25, 0.3) is 0 Å². The van der Waals surface area contributed by atoms with Crippen LogP contribution >= 0.6 is 0 Å². The van der Waals surface area contributed by atoms with E-state index in [0.29, 0.717) is 0 Å². The van der Waals surface area contributed by atoms with Crippen molar-refractivity contribution in [1.82, 2.24) is 4.90 Å². The van der Waals surface area contributed by atoms with Crippen molar-refractivity contribution in [2.24, 2.45) is 11.8 Å². The highest BCUT2D eigenvalue weighted by Gasteiger charge is 2.24. The van der Waals surface area contributed by atoms with Gasteiger partial charge in [-0.2, -0.15) is 0 Å². The molecule has 3 rings (SSSR count). The zero-order valence-corrected chi connectivity index (χ0v) is 12.6. The van der Waals surface area contributed by atoms with Crippen LogP contribution in [0.15, 0.2) is 23.8 Å². The van der Waals surface area contributed by atoms with Crippen LogP contribution in [0.5, 0.6) is 0 Å². The SMILES string of the molecule is OC1C=CC(C2CCN(CC3CCCCC3)CC2)=CC1. The van der Waals surface area contributed by atoms with Crippen LogP contribution in [-0.4, -0.2) is 35.7 Å². The van der Waals surface area contributed by atoms with E-state index in [0.717, 1.165) is 18.3 Å². The van der Waals surface area contributed by atoms with Gasteiger partial charge in [-0.25, -0.2) is 0 Å². The first kappa shape index (κ1) is 14.3. The normalized spacial score (nSPS) is 30.4. The van der Waals surface area contributed by atoms with Crippen LogP contribution in [0.25, 0.3) is 0 Å². The fraction of sp³-hybridized carbons (Fsp3) is 0.778. The van der Waals surface area contributed by atoms with Crippen molar-refractivity contribution in [3.63, 3.8) is 0 Å². The number of hydrogen-bond donors (Lipinski definition) is 1. The molecule has 2 heteroatoms. The van der Waals surface area contributed by atoms with Gasteiger partial charge < -0.3 is 10.0 Å². The first-order chi connectivity index (χ1) is 9.81. The van der Waals surface area contributed by atoms with E-state index >= 15 is 0 Å². The van der Waals surface area contributed by atoms with E-state index in [4.69, 9.17) is 0 Å². The second-order valence-electron chi connectivity index (χ2n) is 6.95. The zero-order valence-electron chi connectivity index (χ0n) is 12.6. The molecule has 2 aliphatic carbocycles. The monoisotopic (exact) mass is 275 g/mol. The van der Waals surface area contributed by atoms with Gasteiger partial charge in [0.15, 0.2) is 0 Å². The minimum Gasteiger partial charge on any atom is -0.389 e. The Morgan fingerprint density at radius 2 is 1.80 bits per heavy atom. The molecule has 1 aliphatic heterocycles. The second-order valence-corrected chi connectivity index (χ2v) is 6.95. The molecule has 0 amide bonds. The van der Waals surface area contributed by atoms with Crippen LogP contribution in [0.3, 0.4) is 0 Å². The van der Waals surface area contributed by atoms with Gasteiger partial charge >= 0.3 is 0 Å². The van der Waals surface area contributed by atoms with E-state index in [9.17, 15) is 5.11 Å². The number of allylic oxidation sites excluding steroid dienone is 2. The molecule has 1 atom stereocenters. The summed E-state index contributed by atoms with van der Waals surface area (Å²) in [5.74, 6) is 1.71. The van der Waals surface area contributed by atoms with Gasteiger partial charge in [-0.3, -0.25) is 0 Å². The maximum Gasteiger partial charge on any atom is 0.0758 e. The maximum absolute atomic E-state index is 9.51. The van der Waals surface area contributed by atoms with Gasteiger partial charge in [0.05, 0.1) is 6.10 Å². The quantitative estimate of drug-likeness (QED) is 0.852. The van der Waals surface area contributed by atoms with Crippen LogP contribution in [0.2, 0.25) is 0 Å². The molecular formula is C18H29NO. The number of piperidine rings is 1. The lowest BCUT2D eigenvalue weighted by atomic mass is 9.84. The van der Waals surface area contributed by atoms with Crippen molar-refractivity contribution in [3.8, 4) is 0 Å². The number of likely N-dealkylation sites (tertiary alicyclic amines) is 1. The van der Waals surface area contributed by atoms with Gasteiger partial charge in [0.2, 0.25) is 0 Å². The molecule has 1 saturated carbocycles. The fourth-order valence-electron chi connectivity index (χ4n) is 4.11. The van der Waals surface area contributed by atoms with Crippen molar-refractivity contribution in [2.45, 2.75) is 57.5 Å². The van der Waals surface area contributed by atoms with E-state index in [1.54, 1.807) is 0 Å². The minimum atomic E-state index is -0.245. The summed E-state index contributed by atoms with van der Waals surface area (Å²) < 4.78 is 0. The highest BCUT2D eigenvalue weighted by Crippen LogP contribution is 2.30. The molecule has 0 aromatic rings. The van der Waals surface area contributed by atoms with Crippen LogP contribution in [-0.2, 0) is 0 Å². The summed E-state index contributed by atoms with van der Waals surface area (Å²) in [6.45, 7) is 3.89. The summed E-state index contributed by atoms with van der Waals surface area (Å²) in [5, 5.41) is 9.51. The number of aliphatic hydroxyl groups excluding tert-OH is 1. The summed E-state index contributed by atoms with van der Waals surface area (Å²) >= 11 is 0. The standard InChI is InChI=1S/C18H29NO/c20-18-8-6-16(7-9-18)17-10-12-19(13-11-17)14-15-4-2-1-3-5-15/h6-8,15,17-18,20H,1-5,9-14H2. The number of hydrogen-bond acceptors (Lipinski definition) is 2. The maximum atomic E-state index is 9.51. The Kier molecular flexibility index (Phi) is 4.95. The van der Waals surface area contributed by atoms with Crippen molar-refractivity contribution in [1.29, 1.82) is 0 Å². The van der Waals surface area contributed by atoms with Gasteiger partial charge in [-0.15, -0.1) is 0 Å². The summed E-state index contributed by atoms with van der Waals surface area (Å²) in [5.41, 5.74) is 1.48. The van der Waals surface area contributed by atoms with Crippen molar-refractivity contribution < 1.29 is 5.11 Å². The molecule has 0 radical (unpaired) electrons. The molecule has 0 spiro atoms. The van der Waals surface area contributed by atoms with Gasteiger partial charge in [-0.1, -0.05) is 37.5 Å². The van der Waals surface area contributed by atoms with E-state index in [2.05, 4.69) is 17.1 Å². The van der Waals surface area contributed by atoms with Gasteiger partial charge in [-0.05, 0) is 62.6 Å². The molecule has 2 nitrogen and oxygen atoms in total. The highest BCUT2D eigenvalue weighted by atomic mass is 16.3. The molecule has 0 aromatic carbocycles. The predicted octanol–water partition coefficient (Wildman–Crippen LogP) is 3.53. The summed E-state index contributed by atoms with van der Waals surface area (Å²) in [6, 6.07) is 0. The molecule has 112 valence electrons. The lowest BCUT2D eigenvalue weighted by Gasteiger charge is -2.36. The number of rotatable bonds is 3. The average Bonchev–Trinajstić information content (AvgIpc) is 2.50. The van der Waals surface area contributed by atoms with Crippen molar-refractivity contribution in [3.05, 3.63) is 23.8 Å². The Morgan fingerprint density at radius 1 is 1.05 bits per heavy atom. The summed E-state index contributed by atoms with van der Waals surface area (Å²) in [6.07, 6.45) is 16.9. The predicted molar refractivity (Wildman–Crippen MR) is 83.6 cm³/mol. The molecule has 1 unspecified atom stereocenters. The molecular weight excluding hydrogens is 246 g/mol. The van der Waals surface area contributed by atoms with E-state index in [1.807, 2.05) is 6.08 Å². The van der Waals surface area contributed by atoms with Gasteiger partial charge in [0, 0.05) is 6.54 Å². The summed E-state index contributed by atoms with van der Waals surface area (Å²) in [7, 11) is 0. The summed E-state index contributed by atoms with van der Waals surface area (Å²) in [4.78, 5) is 2.70. The molecule has 1 N–H and O–H groups in total. The third-order valence-electron chi connectivity index (χ3n) is 5.41. The molecule has 2 fully saturated rings. The Labute approximate surface area is 123 Å². The number of aliphatic hydroxyl groups is 1. The lowest BCUT2D eigenvalue weighted by Crippen LogP contribution is -2.38. The highest BCUT2D eigenvalue weighted by molar-refractivity contribution is 5.27. The zero-order chi connectivity index (χ0) is 13.8. The van der Waals surface area contributed by atoms with E-state index < -0.39 is 0 Å². The third-order valence-corrected chi connectivity index (χ3v) is 5.41. The van der Waals surface area contributed by atoms with Crippen LogP contribution in [0.4, 0.5) is 0 Å². The van der Waals surface area contributed by atoms with Gasteiger partial charge in [0.1, 0.15) is 0 Å². The Bertz CT molecular complexity index is 360. The smallest absolute Gasteiger partial charge is 0.0758 e. The molecule has 1 saturated heterocycles. The van der Waals surface area contributed by atoms with Crippen LogP contribution in [0.1, 0.15) is 51.4 Å². The van der Waals surface area contributed by atoms with Crippen molar-refractivity contribution >= 4 is 0 Å². The first-order valence-electron chi connectivity index (χ1n) is 8.60. The molecule has 3 aliphatic rings. The van der Waals surface area contributed by atoms with E-state index in [1.165, 1.54) is 70.2 Å². The Morgan fingerprint density at radius 3 is 2.45 bits per heavy atom. The fourth-order valence-corrected chi connectivity index (χ4v) is 4.11. The molecule has 20 heavy (non-hydrogen) atoms. The third kappa shape index (κ3) is 3.73.